The molecule has 0 saturated carbocycles. The smallest absolute Gasteiger partial charge is 0.368 e. The van der Waals surface area contributed by atoms with E-state index in [1.165, 1.54) is 9.36 Å². The number of hydrogen-bond acceptors (Lipinski definition) is 7. The Hall–Kier alpha value is -3.82. The molecule has 0 N–H and O–H groups in total. The minimum absolute atomic E-state index is 0.223. The Morgan fingerprint density at radius 2 is 2.06 bits per heavy atom. The average Bonchev–Trinajstić information content (AvgIpc) is 3.36. The summed E-state index contributed by atoms with van der Waals surface area (Å²) in [5.41, 5.74) is 3.68. The van der Waals surface area contributed by atoms with Crippen LogP contribution in [0.3, 0.4) is 0 Å². The molecule has 2 aromatic heterocycles. The number of allylic oxidation sites excluding steroid dienone is 1. The number of benzene rings is 1. The van der Waals surface area contributed by atoms with Crippen LogP contribution in [0.15, 0.2) is 58.1 Å². The summed E-state index contributed by atoms with van der Waals surface area (Å²) in [7, 11) is 1.56. The fourth-order valence-corrected chi connectivity index (χ4v) is 2.98. The lowest BCUT2D eigenvalue weighted by molar-refractivity contribution is 0.282. The molecule has 2 heterocycles. The molecule has 0 spiro atoms. The van der Waals surface area contributed by atoms with Crippen molar-refractivity contribution >= 4 is 11.6 Å². The van der Waals surface area contributed by atoms with Gasteiger partial charge in [-0.3, -0.25) is 4.68 Å². The van der Waals surface area contributed by atoms with E-state index < -0.39 is 0 Å². The predicted molar refractivity (Wildman–Crippen MR) is 118 cm³/mol. The standard InChI is InChI=1S/C21H26N8O2/c1-6-13-28-18(11-12-22-28)16(4)23-24-20(7-2)31-14-17-15(3)9-8-10-19(17)29-21(30)27(5)25-26-29/h6,8-12H,1,7,13-14H2,2-5H3/b23-16?,24-20+. The van der Waals surface area contributed by atoms with E-state index in [1.54, 1.807) is 24.0 Å². The van der Waals surface area contributed by atoms with Gasteiger partial charge < -0.3 is 4.74 Å². The monoisotopic (exact) mass is 422 g/mol. The fraction of sp³-hybridized carbons (Fsp3) is 0.333. The Morgan fingerprint density at radius 1 is 1.26 bits per heavy atom. The minimum atomic E-state index is -0.326. The third-order valence-electron chi connectivity index (χ3n) is 4.72. The molecule has 162 valence electrons. The van der Waals surface area contributed by atoms with Crippen molar-refractivity contribution in [3.05, 3.63) is 70.4 Å². The molecule has 0 unspecified atom stereocenters. The zero-order chi connectivity index (χ0) is 22.4. The van der Waals surface area contributed by atoms with Crippen molar-refractivity contribution in [2.24, 2.45) is 17.3 Å². The Balaban J connectivity index is 1.83. The van der Waals surface area contributed by atoms with Gasteiger partial charge in [0.2, 0.25) is 5.90 Å². The number of rotatable bonds is 8. The van der Waals surface area contributed by atoms with Gasteiger partial charge in [-0.1, -0.05) is 25.1 Å². The Kier molecular flexibility index (Phi) is 6.91. The summed E-state index contributed by atoms with van der Waals surface area (Å²) in [6, 6.07) is 7.51. The molecule has 0 bridgehead atoms. The summed E-state index contributed by atoms with van der Waals surface area (Å²) in [5.74, 6) is 0.481. The third-order valence-corrected chi connectivity index (χ3v) is 4.72. The predicted octanol–water partition coefficient (Wildman–Crippen LogP) is 2.41. The van der Waals surface area contributed by atoms with Gasteiger partial charge in [0.25, 0.3) is 0 Å². The zero-order valence-electron chi connectivity index (χ0n) is 18.2. The number of nitrogens with zero attached hydrogens (tertiary/aromatic N) is 8. The number of tetrazole rings is 1. The fourth-order valence-electron chi connectivity index (χ4n) is 2.98. The summed E-state index contributed by atoms with van der Waals surface area (Å²) < 4.78 is 10.2. The van der Waals surface area contributed by atoms with Gasteiger partial charge in [-0.2, -0.15) is 19.6 Å². The minimum Gasteiger partial charge on any atom is -0.475 e. The van der Waals surface area contributed by atoms with Gasteiger partial charge in [0.15, 0.2) is 0 Å². The van der Waals surface area contributed by atoms with Crippen LogP contribution in [-0.2, 0) is 24.9 Å². The van der Waals surface area contributed by atoms with E-state index in [0.29, 0.717) is 24.6 Å². The van der Waals surface area contributed by atoms with Crippen LogP contribution in [0.5, 0.6) is 0 Å². The first-order valence-corrected chi connectivity index (χ1v) is 9.91. The lowest BCUT2D eigenvalue weighted by Gasteiger charge is -2.13. The molecular formula is C21H26N8O2. The molecule has 3 rings (SSSR count). The van der Waals surface area contributed by atoms with Crippen molar-refractivity contribution < 1.29 is 4.74 Å². The maximum atomic E-state index is 12.3. The van der Waals surface area contributed by atoms with Crippen LogP contribution in [0.25, 0.3) is 5.69 Å². The van der Waals surface area contributed by atoms with Crippen molar-refractivity contribution in [2.45, 2.75) is 40.3 Å². The average molecular weight is 422 g/mol. The normalized spacial score (nSPS) is 12.3. The van der Waals surface area contributed by atoms with Gasteiger partial charge in [-0.15, -0.1) is 11.7 Å². The van der Waals surface area contributed by atoms with Gasteiger partial charge in [0, 0.05) is 25.2 Å². The zero-order valence-corrected chi connectivity index (χ0v) is 18.2. The first-order chi connectivity index (χ1) is 15.0. The van der Waals surface area contributed by atoms with E-state index in [2.05, 4.69) is 32.3 Å². The summed E-state index contributed by atoms with van der Waals surface area (Å²) in [6.07, 6.45) is 4.05. The summed E-state index contributed by atoms with van der Waals surface area (Å²) in [6.45, 7) is 10.3. The first-order valence-electron chi connectivity index (χ1n) is 9.91. The SMILES string of the molecule is C=CCn1nccc1C(C)=N/N=C(\CC)OCc1c(C)cccc1-n1nnn(C)c1=O. The highest BCUT2D eigenvalue weighted by atomic mass is 16.5. The molecular weight excluding hydrogens is 396 g/mol. The molecule has 0 aliphatic rings. The first kappa shape index (κ1) is 21.9. The lowest BCUT2D eigenvalue weighted by Crippen LogP contribution is -2.23. The Bertz CT molecular complexity index is 1180. The van der Waals surface area contributed by atoms with Crippen LogP contribution in [0.1, 0.15) is 37.1 Å². The second kappa shape index (κ2) is 9.79. The topological polar surface area (TPSA) is 104 Å². The number of aromatic nitrogens is 6. The van der Waals surface area contributed by atoms with E-state index in [1.807, 2.05) is 45.0 Å². The molecule has 1 aromatic carbocycles. The molecule has 3 aromatic rings. The number of hydrogen-bond donors (Lipinski definition) is 0. The van der Waals surface area contributed by atoms with Gasteiger partial charge in [0.05, 0.1) is 23.6 Å². The molecule has 0 saturated heterocycles. The van der Waals surface area contributed by atoms with E-state index >= 15 is 0 Å². The van der Waals surface area contributed by atoms with Gasteiger partial charge in [0.1, 0.15) is 6.61 Å². The van der Waals surface area contributed by atoms with Crippen molar-refractivity contribution in [3.8, 4) is 5.69 Å². The second-order valence-corrected chi connectivity index (χ2v) is 6.88. The van der Waals surface area contributed by atoms with Crippen LogP contribution in [0.2, 0.25) is 0 Å². The molecule has 31 heavy (non-hydrogen) atoms. The van der Waals surface area contributed by atoms with Crippen molar-refractivity contribution in [1.29, 1.82) is 0 Å². The number of ether oxygens (including phenoxy) is 1. The van der Waals surface area contributed by atoms with Crippen LogP contribution in [-0.4, -0.2) is 41.2 Å². The molecule has 10 heteroatoms. The molecule has 0 amide bonds. The molecule has 0 aliphatic heterocycles. The molecule has 0 atom stereocenters. The maximum absolute atomic E-state index is 12.3. The van der Waals surface area contributed by atoms with Crippen molar-refractivity contribution in [1.82, 2.24) is 29.6 Å². The maximum Gasteiger partial charge on any atom is 0.368 e. The Labute approximate surface area is 180 Å². The second-order valence-electron chi connectivity index (χ2n) is 6.88. The quantitative estimate of drug-likeness (QED) is 0.240. The van der Waals surface area contributed by atoms with Crippen molar-refractivity contribution in [3.63, 3.8) is 0 Å². The van der Waals surface area contributed by atoms with Crippen molar-refractivity contribution in [2.75, 3.05) is 0 Å². The van der Waals surface area contributed by atoms with Gasteiger partial charge >= 0.3 is 5.69 Å². The molecule has 0 fully saturated rings. The summed E-state index contributed by atoms with van der Waals surface area (Å²) in [4.78, 5) is 12.3. The highest BCUT2D eigenvalue weighted by Crippen LogP contribution is 2.18. The largest absolute Gasteiger partial charge is 0.475 e. The van der Waals surface area contributed by atoms with E-state index in [0.717, 1.165) is 22.5 Å². The van der Waals surface area contributed by atoms with E-state index in [9.17, 15) is 4.79 Å². The van der Waals surface area contributed by atoms with Crippen LogP contribution >= 0.6 is 0 Å². The van der Waals surface area contributed by atoms with Gasteiger partial charge in [-0.05, 0) is 42.0 Å². The summed E-state index contributed by atoms with van der Waals surface area (Å²) >= 11 is 0. The van der Waals surface area contributed by atoms with Crippen LogP contribution in [0, 0.1) is 6.92 Å². The van der Waals surface area contributed by atoms with Crippen LogP contribution < -0.4 is 5.69 Å². The molecule has 0 aliphatic carbocycles. The van der Waals surface area contributed by atoms with E-state index in [-0.39, 0.29) is 12.3 Å². The Morgan fingerprint density at radius 3 is 2.74 bits per heavy atom. The number of aryl methyl sites for hydroxylation is 2. The third kappa shape index (κ3) is 4.85. The van der Waals surface area contributed by atoms with E-state index in [4.69, 9.17) is 4.74 Å². The highest BCUT2D eigenvalue weighted by Gasteiger charge is 2.14. The highest BCUT2D eigenvalue weighted by molar-refractivity contribution is 5.97. The van der Waals surface area contributed by atoms with Gasteiger partial charge in [-0.25, -0.2) is 4.79 Å². The lowest BCUT2D eigenvalue weighted by atomic mass is 10.1. The molecule has 0 radical (unpaired) electrons. The summed E-state index contributed by atoms with van der Waals surface area (Å²) in [5, 5.41) is 20.6. The molecule has 10 nitrogen and oxygen atoms in total. The van der Waals surface area contributed by atoms with Crippen LogP contribution in [0.4, 0.5) is 0 Å².